The lowest BCUT2D eigenvalue weighted by Crippen LogP contribution is -2.18. The minimum Gasteiger partial charge on any atom is -0.492 e. The van der Waals surface area contributed by atoms with E-state index in [2.05, 4.69) is 20.4 Å². The summed E-state index contributed by atoms with van der Waals surface area (Å²) < 4.78 is 13.2. The quantitative estimate of drug-likeness (QED) is 0.601. The highest BCUT2D eigenvalue weighted by Crippen LogP contribution is 2.37. The topological polar surface area (TPSA) is 74.1 Å². The van der Waals surface area contributed by atoms with Crippen molar-refractivity contribution < 1.29 is 9.47 Å². The molecule has 1 N–H and O–H groups in total. The van der Waals surface area contributed by atoms with E-state index in [0.29, 0.717) is 34.1 Å². The zero-order valence-electron chi connectivity index (χ0n) is 14.8. The van der Waals surface area contributed by atoms with Crippen LogP contribution in [0.4, 0.5) is 11.5 Å². The van der Waals surface area contributed by atoms with Crippen LogP contribution in [-0.4, -0.2) is 33.0 Å². The van der Waals surface area contributed by atoms with Crippen molar-refractivity contribution >= 4 is 45.6 Å². The molecule has 1 aromatic carbocycles. The second-order valence-electron chi connectivity index (χ2n) is 6.20. The third-order valence-corrected chi connectivity index (χ3v) is 4.90. The summed E-state index contributed by atoms with van der Waals surface area (Å²) in [5.41, 5.74) is 1.40. The number of nitrogens with zero attached hydrogens (tertiary/aromatic N) is 4. The first-order valence-corrected chi connectivity index (χ1v) is 9.62. The van der Waals surface area contributed by atoms with Crippen LogP contribution in [0.1, 0.15) is 32.4 Å². The van der Waals surface area contributed by atoms with Crippen molar-refractivity contribution in [3.63, 3.8) is 0 Å². The van der Waals surface area contributed by atoms with Gasteiger partial charge in [-0.2, -0.15) is 10.1 Å². The third-order valence-electron chi connectivity index (χ3n) is 4.35. The van der Waals surface area contributed by atoms with Gasteiger partial charge in [-0.05, 0) is 49.9 Å². The van der Waals surface area contributed by atoms with E-state index in [-0.39, 0.29) is 11.5 Å². The van der Waals surface area contributed by atoms with Crippen molar-refractivity contribution in [3.05, 3.63) is 34.8 Å². The zero-order chi connectivity index (χ0) is 18.8. The van der Waals surface area contributed by atoms with E-state index in [1.54, 1.807) is 12.3 Å². The monoisotopic (exact) mass is 407 g/mol. The van der Waals surface area contributed by atoms with Crippen LogP contribution in [0.3, 0.4) is 0 Å². The van der Waals surface area contributed by atoms with E-state index in [1.165, 1.54) is 0 Å². The molecule has 1 aliphatic rings. The molecule has 1 aliphatic heterocycles. The van der Waals surface area contributed by atoms with Crippen molar-refractivity contribution in [2.45, 2.75) is 32.4 Å². The minimum absolute atomic E-state index is 0.0341. The fraction of sp³-hybridized carbons (Fsp3) is 0.389. The lowest BCUT2D eigenvalue weighted by Gasteiger charge is -2.22. The standard InChI is InChI=1S/C18H19Cl2N5O2/c1-2-26-13-7-6-12-15(16(13)19)17(24-18(20)23-12)22-11-9-21-25(10-11)14-5-3-4-8-27-14/h6-7,9-10,14H,2-5,8H2,1H3,(H,22,23,24). The van der Waals surface area contributed by atoms with E-state index in [4.69, 9.17) is 32.7 Å². The van der Waals surface area contributed by atoms with Crippen LogP contribution >= 0.6 is 23.2 Å². The molecule has 0 radical (unpaired) electrons. The normalized spacial score (nSPS) is 17.2. The molecule has 0 spiro atoms. The first-order chi connectivity index (χ1) is 13.2. The van der Waals surface area contributed by atoms with Crippen LogP contribution in [0.5, 0.6) is 5.75 Å². The smallest absolute Gasteiger partial charge is 0.224 e. The molecule has 142 valence electrons. The van der Waals surface area contributed by atoms with Crippen molar-refractivity contribution in [2.75, 3.05) is 18.5 Å². The second-order valence-corrected chi connectivity index (χ2v) is 6.92. The van der Waals surface area contributed by atoms with Crippen molar-refractivity contribution in [3.8, 4) is 5.75 Å². The second kappa shape index (κ2) is 7.88. The number of ether oxygens (including phenoxy) is 2. The van der Waals surface area contributed by atoms with Gasteiger partial charge in [-0.1, -0.05) is 11.6 Å². The fourth-order valence-corrected chi connectivity index (χ4v) is 3.60. The summed E-state index contributed by atoms with van der Waals surface area (Å²) in [6.45, 7) is 3.17. The first-order valence-electron chi connectivity index (χ1n) is 8.87. The van der Waals surface area contributed by atoms with Gasteiger partial charge < -0.3 is 14.8 Å². The number of hydrogen-bond acceptors (Lipinski definition) is 6. The van der Waals surface area contributed by atoms with Gasteiger partial charge in [-0.25, -0.2) is 9.67 Å². The molecule has 9 heteroatoms. The molecule has 7 nitrogen and oxygen atoms in total. The molecule has 3 aromatic rings. The molecule has 0 amide bonds. The summed E-state index contributed by atoms with van der Waals surface area (Å²) in [4.78, 5) is 8.57. The number of rotatable bonds is 5. The number of hydrogen-bond donors (Lipinski definition) is 1. The predicted octanol–water partition coefficient (Wildman–Crippen LogP) is 4.97. The van der Waals surface area contributed by atoms with Crippen LogP contribution < -0.4 is 10.1 Å². The Bertz CT molecular complexity index is 956. The van der Waals surface area contributed by atoms with Crippen LogP contribution in [-0.2, 0) is 4.74 Å². The highest BCUT2D eigenvalue weighted by molar-refractivity contribution is 6.38. The van der Waals surface area contributed by atoms with Crippen LogP contribution in [0.2, 0.25) is 10.3 Å². The van der Waals surface area contributed by atoms with Crippen LogP contribution in [0.25, 0.3) is 10.9 Å². The average Bonchev–Trinajstić information content (AvgIpc) is 3.13. The summed E-state index contributed by atoms with van der Waals surface area (Å²) in [5, 5.41) is 8.87. The summed E-state index contributed by atoms with van der Waals surface area (Å²) >= 11 is 12.6. The average molecular weight is 408 g/mol. The van der Waals surface area contributed by atoms with E-state index < -0.39 is 0 Å². The number of anilines is 2. The minimum atomic E-state index is -0.0341. The molecule has 0 aliphatic carbocycles. The number of fused-ring (bicyclic) bond motifs is 1. The summed E-state index contributed by atoms with van der Waals surface area (Å²) in [6.07, 6.45) is 6.75. The van der Waals surface area contributed by atoms with E-state index >= 15 is 0 Å². The lowest BCUT2D eigenvalue weighted by atomic mass is 10.2. The molecule has 0 bridgehead atoms. The van der Waals surface area contributed by atoms with Crippen molar-refractivity contribution in [2.24, 2.45) is 0 Å². The molecule has 1 unspecified atom stereocenters. The number of aromatic nitrogens is 4. The van der Waals surface area contributed by atoms with Gasteiger partial charge in [0.15, 0.2) is 0 Å². The Hall–Kier alpha value is -2.09. The number of nitrogens with one attached hydrogen (secondary N) is 1. The molecular formula is C18H19Cl2N5O2. The van der Waals surface area contributed by atoms with E-state index in [1.807, 2.05) is 23.9 Å². The zero-order valence-corrected chi connectivity index (χ0v) is 16.3. The van der Waals surface area contributed by atoms with Gasteiger partial charge in [0.1, 0.15) is 17.8 Å². The maximum Gasteiger partial charge on any atom is 0.224 e. The molecule has 2 aromatic heterocycles. The van der Waals surface area contributed by atoms with Gasteiger partial charge in [-0.15, -0.1) is 0 Å². The molecule has 27 heavy (non-hydrogen) atoms. The van der Waals surface area contributed by atoms with Crippen molar-refractivity contribution in [1.82, 2.24) is 19.7 Å². The Morgan fingerprint density at radius 1 is 1.30 bits per heavy atom. The Morgan fingerprint density at radius 2 is 2.19 bits per heavy atom. The van der Waals surface area contributed by atoms with Gasteiger partial charge in [0.2, 0.25) is 5.28 Å². The third kappa shape index (κ3) is 3.81. The highest BCUT2D eigenvalue weighted by Gasteiger charge is 2.18. The van der Waals surface area contributed by atoms with Crippen molar-refractivity contribution in [1.29, 1.82) is 0 Å². The molecule has 3 heterocycles. The van der Waals surface area contributed by atoms with Gasteiger partial charge in [0, 0.05) is 6.61 Å². The Balaban J connectivity index is 1.68. The Kier molecular flexibility index (Phi) is 5.33. The molecule has 4 rings (SSSR count). The highest BCUT2D eigenvalue weighted by atomic mass is 35.5. The fourth-order valence-electron chi connectivity index (χ4n) is 3.12. The van der Waals surface area contributed by atoms with E-state index in [0.717, 1.165) is 31.6 Å². The largest absolute Gasteiger partial charge is 0.492 e. The summed E-state index contributed by atoms with van der Waals surface area (Å²) in [6, 6.07) is 3.59. The van der Waals surface area contributed by atoms with Gasteiger partial charge in [0.05, 0.1) is 40.6 Å². The Labute approximate surface area is 166 Å². The maximum absolute atomic E-state index is 6.54. The SMILES string of the molecule is CCOc1ccc2nc(Cl)nc(Nc3cnn(C4CCCCO4)c3)c2c1Cl. The van der Waals surface area contributed by atoms with Gasteiger partial charge in [-0.3, -0.25) is 0 Å². The Morgan fingerprint density at radius 3 is 2.96 bits per heavy atom. The number of benzene rings is 1. The molecule has 1 fully saturated rings. The molecular weight excluding hydrogens is 389 g/mol. The number of halogens is 2. The maximum atomic E-state index is 6.54. The summed E-state index contributed by atoms with van der Waals surface area (Å²) in [5.74, 6) is 1.08. The first kappa shape index (κ1) is 18.3. The summed E-state index contributed by atoms with van der Waals surface area (Å²) in [7, 11) is 0. The van der Waals surface area contributed by atoms with Crippen LogP contribution in [0.15, 0.2) is 24.5 Å². The molecule has 1 saturated heterocycles. The molecule has 1 atom stereocenters. The predicted molar refractivity (Wildman–Crippen MR) is 105 cm³/mol. The molecule has 0 saturated carbocycles. The van der Waals surface area contributed by atoms with Gasteiger partial charge in [0.25, 0.3) is 0 Å². The lowest BCUT2D eigenvalue weighted by molar-refractivity contribution is -0.0394. The van der Waals surface area contributed by atoms with Gasteiger partial charge >= 0.3 is 0 Å². The van der Waals surface area contributed by atoms with E-state index in [9.17, 15) is 0 Å². The van der Waals surface area contributed by atoms with Crippen LogP contribution in [0, 0.1) is 0 Å².